The highest BCUT2D eigenvalue weighted by atomic mass is 19.1. The van der Waals surface area contributed by atoms with Crippen LogP contribution < -0.4 is 5.32 Å². The minimum atomic E-state index is -0.887. The molecule has 70 valence electrons. The number of hydrogen-bond acceptors (Lipinski definition) is 1. The van der Waals surface area contributed by atoms with Crippen molar-refractivity contribution in [3.8, 4) is 0 Å². The Hall–Kier alpha value is -0.110. The first kappa shape index (κ1) is 8.49. The van der Waals surface area contributed by atoms with E-state index in [4.69, 9.17) is 0 Å². The van der Waals surface area contributed by atoms with Crippen LogP contribution in [0.15, 0.2) is 0 Å². The van der Waals surface area contributed by atoms with Crippen molar-refractivity contribution in [2.75, 3.05) is 6.54 Å². The Bertz CT molecular complexity index is 157. The van der Waals surface area contributed by atoms with E-state index in [2.05, 4.69) is 5.32 Å². The summed E-state index contributed by atoms with van der Waals surface area (Å²) in [4.78, 5) is 0. The third kappa shape index (κ3) is 1.79. The van der Waals surface area contributed by atoms with Gasteiger partial charge < -0.3 is 5.32 Å². The Morgan fingerprint density at radius 2 is 2.17 bits per heavy atom. The molecule has 1 aliphatic carbocycles. The zero-order valence-corrected chi connectivity index (χ0v) is 7.78. The molecule has 2 rings (SSSR count). The first-order chi connectivity index (χ1) is 5.68. The molecule has 0 spiro atoms. The summed E-state index contributed by atoms with van der Waals surface area (Å²) in [5, 5.41) is 3.36. The zero-order valence-electron chi connectivity index (χ0n) is 7.78. The molecule has 0 radical (unpaired) electrons. The molecule has 0 bridgehead atoms. The summed E-state index contributed by atoms with van der Waals surface area (Å²) in [5.41, 5.74) is -0.887. The van der Waals surface area contributed by atoms with Crippen LogP contribution in [0.5, 0.6) is 0 Å². The quantitative estimate of drug-likeness (QED) is 0.687. The predicted molar refractivity (Wildman–Crippen MR) is 47.9 cm³/mol. The van der Waals surface area contributed by atoms with Crippen LogP contribution in [0, 0.1) is 5.92 Å². The van der Waals surface area contributed by atoms with E-state index in [0.717, 1.165) is 25.8 Å². The molecule has 0 aromatic rings. The summed E-state index contributed by atoms with van der Waals surface area (Å²) in [7, 11) is 0. The van der Waals surface area contributed by atoms with Crippen LogP contribution in [0.1, 0.15) is 39.0 Å². The summed E-state index contributed by atoms with van der Waals surface area (Å²) in [6.45, 7) is 2.87. The Morgan fingerprint density at radius 3 is 2.67 bits per heavy atom. The number of hydrogen-bond donors (Lipinski definition) is 1. The molecular weight excluding hydrogens is 153 g/mol. The van der Waals surface area contributed by atoms with Crippen LogP contribution >= 0.6 is 0 Å². The molecule has 2 heteroatoms. The van der Waals surface area contributed by atoms with Crippen molar-refractivity contribution in [2.24, 2.45) is 5.92 Å². The molecule has 1 N–H and O–H groups in total. The van der Waals surface area contributed by atoms with Crippen molar-refractivity contribution in [1.82, 2.24) is 5.32 Å². The molecule has 12 heavy (non-hydrogen) atoms. The van der Waals surface area contributed by atoms with Gasteiger partial charge in [0.15, 0.2) is 0 Å². The Kier molecular flexibility index (Phi) is 2.11. The van der Waals surface area contributed by atoms with Crippen LogP contribution in [0.3, 0.4) is 0 Å². The lowest BCUT2D eigenvalue weighted by Gasteiger charge is -2.23. The Balaban J connectivity index is 1.83. The van der Waals surface area contributed by atoms with Gasteiger partial charge in [-0.15, -0.1) is 0 Å². The van der Waals surface area contributed by atoms with E-state index in [0.29, 0.717) is 12.0 Å². The monoisotopic (exact) mass is 171 g/mol. The van der Waals surface area contributed by atoms with Gasteiger partial charge in [0, 0.05) is 6.04 Å². The lowest BCUT2D eigenvalue weighted by Crippen LogP contribution is -2.32. The SMILES string of the molecule is CC(F)(CC1CCCN1)C1CC1. The molecule has 0 aromatic carbocycles. The van der Waals surface area contributed by atoms with Crippen LogP contribution in [0.25, 0.3) is 0 Å². The second-order valence-corrected chi connectivity index (χ2v) is 4.55. The lowest BCUT2D eigenvalue weighted by molar-refractivity contribution is 0.130. The van der Waals surface area contributed by atoms with Crippen molar-refractivity contribution in [3.05, 3.63) is 0 Å². The van der Waals surface area contributed by atoms with Crippen LogP contribution in [0.4, 0.5) is 4.39 Å². The summed E-state index contributed by atoms with van der Waals surface area (Å²) in [5.74, 6) is 0.375. The number of rotatable bonds is 3. The van der Waals surface area contributed by atoms with E-state index in [1.807, 2.05) is 0 Å². The summed E-state index contributed by atoms with van der Waals surface area (Å²) in [6, 6.07) is 0.459. The van der Waals surface area contributed by atoms with E-state index in [9.17, 15) is 4.39 Å². The smallest absolute Gasteiger partial charge is 0.112 e. The van der Waals surface area contributed by atoms with Crippen molar-refractivity contribution < 1.29 is 4.39 Å². The summed E-state index contributed by atoms with van der Waals surface area (Å²) in [6.07, 6.45) is 5.36. The fraction of sp³-hybridized carbons (Fsp3) is 1.00. The van der Waals surface area contributed by atoms with Crippen LogP contribution in [-0.2, 0) is 0 Å². The molecule has 1 saturated carbocycles. The summed E-state index contributed by atoms with van der Waals surface area (Å²) >= 11 is 0. The summed E-state index contributed by atoms with van der Waals surface area (Å²) < 4.78 is 13.9. The molecule has 1 saturated heterocycles. The highest BCUT2D eigenvalue weighted by Crippen LogP contribution is 2.44. The van der Waals surface area contributed by atoms with Gasteiger partial charge in [0.25, 0.3) is 0 Å². The first-order valence-electron chi connectivity index (χ1n) is 5.11. The van der Waals surface area contributed by atoms with E-state index in [1.54, 1.807) is 6.92 Å². The number of alkyl halides is 1. The minimum absolute atomic E-state index is 0.375. The molecule has 0 aromatic heterocycles. The maximum atomic E-state index is 13.9. The average molecular weight is 171 g/mol. The van der Waals surface area contributed by atoms with Gasteiger partial charge >= 0.3 is 0 Å². The molecule has 1 heterocycles. The molecule has 1 aliphatic heterocycles. The van der Waals surface area contributed by atoms with Crippen molar-refractivity contribution in [3.63, 3.8) is 0 Å². The molecule has 1 nitrogen and oxygen atoms in total. The fourth-order valence-electron chi connectivity index (χ4n) is 2.26. The molecule has 2 atom stereocenters. The maximum Gasteiger partial charge on any atom is 0.112 e. The second-order valence-electron chi connectivity index (χ2n) is 4.55. The van der Waals surface area contributed by atoms with E-state index < -0.39 is 5.67 Å². The van der Waals surface area contributed by atoms with Gasteiger partial charge in [-0.05, 0) is 51.5 Å². The number of nitrogens with one attached hydrogen (secondary N) is 1. The first-order valence-corrected chi connectivity index (χ1v) is 5.11. The highest BCUT2D eigenvalue weighted by molar-refractivity contribution is 4.95. The highest BCUT2D eigenvalue weighted by Gasteiger charge is 2.43. The Morgan fingerprint density at radius 1 is 1.42 bits per heavy atom. The molecule has 2 unspecified atom stereocenters. The minimum Gasteiger partial charge on any atom is -0.314 e. The van der Waals surface area contributed by atoms with Crippen molar-refractivity contribution in [2.45, 2.75) is 50.7 Å². The van der Waals surface area contributed by atoms with Crippen molar-refractivity contribution >= 4 is 0 Å². The predicted octanol–water partition coefficient (Wildman–Crippen LogP) is 2.27. The maximum absolute atomic E-state index is 13.9. The molecule has 0 amide bonds. The van der Waals surface area contributed by atoms with Gasteiger partial charge in [0.05, 0.1) is 0 Å². The zero-order chi connectivity index (χ0) is 8.60. The van der Waals surface area contributed by atoms with Gasteiger partial charge in [-0.2, -0.15) is 0 Å². The largest absolute Gasteiger partial charge is 0.314 e. The standard InChI is InChI=1S/C10H18FN/c1-10(11,8-4-5-8)7-9-3-2-6-12-9/h8-9,12H,2-7H2,1H3. The van der Waals surface area contributed by atoms with E-state index >= 15 is 0 Å². The molecule has 2 fully saturated rings. The molecular formula is C10H18FN. The fourth-order valence-corrected chi connectivity index (χ4v) is 2.26. The number of halogens is 1. The third-order valence-electron chi connectivity index (χ3n) is 3.24. The van der Waals surface area contributed by atoms with Gasteiger partial charge in [-0.25, -0.2) is 4.39 Å². The van der Waals surface area contributed by atoms with Crippen LogP contribution in [0.2, 0.25) is 0 Å². The van der Waals surface area contributed by atoms with Crippen LogP contribution in [-0.4, -0.2) is 18.3 Å². The van der Waals surface area contributed by atoms with Gasteiger partial charge in [-0.3, -0.25) is 0 Å². The normalized spacial score (nSPS) is 35.0. The van der Waals surface area contributed by atoms with Gasteiger partial charge in [0.1, 0.15) is 5.67 Å². The third-order valence-corrected chi connectivity index (χ3v) is 3.24. The average Bonchev–Trinajstić information content (AvgIpc) is 2.74. The molecule has 2 aliphatic rings. The van der Waals surface area contributed by atoms with E-state index in [-0.39, 0.29) is 0 Å². The lowest BCUT2D eigenvalue weighted by atomic mass is 9.93. The van der Waals surface area contributed by atoms with Gasteiger partial charge in [0.2, 0.25) is 0 Å². The van der Waals surface area contributed by atoms with Gasteiger partial charge in [-0.1, -0.05) is 0 Å². The topological polar surface area (TPSA) is 12.0 Å². The second kappa shape index (κ2) is 2.99. The van der Waals surface area contributed by atoms with Crippen molar-refractivity contribution in [1.29, 1.82) is 0 Å². The van der Waals surface area contributed by atoms with E-state index in [1.165, 1.54) is 12.8 Å². The Labute approximate surface area is 73.7 Å².